The number of nitrogens with two attached hydrogens (primary N) is 1. The molecule has 0 aliphatic rings. The Bertz CT molecular complexity index is 658. The normalized spacial score (nSPS) is 11.2. The van der Waals surface area contributed by atoms with Gasteiger partial charge in [-0.2, -0.15) is 0 Å². The fourth-order valence-electron chi connectivity index (χ4n) is 1.72. The van der Waals surface area contributed by atoms with Crippen molar-refractivity contribution in [1.82, 2.24) is 9.97 Å². The predicted molar refractivity (Wildman–Crippen MR) is 80.0 cm³/mol. The van der Waals surface area contributed by atoms with Crippen molar-refractivity contribution in [3.8, 4) is 17.0 Å². The highest BCUT2D eigenvalue weighted by Crippen LogP contribution is 2.31. The van der Waals surface area contributed by atoms with E-state index in [0.29, 0.717) is 16.9 Å². The Hall–Kier alpha value is -2.70. The van der Waals surface area contributed by atoms with E-state index < -0.39 is 11.7 Å². The lowest BCUT2D eigenvalue weighted by Crippen LogP contribution is -2.27. The fraction of sp³-hybridized carbons (Fsp3) is 0.286. The van der Waals surface area contributed by atoms with Crippen LogP contribution in [0.15, 0.2) is 24.4 Å². The first-order valence-electron chi connectivity index (χ1n) is 6.38. The average molecular weight is 290 g/mol. The Morgan fingerprint density at radius 1 is 1.43 bits per heavy atom. The number of anilines is 2. The molecule has 1 heterocycles. The van der Waals surface area contributed by atoms with Crippen LogP contribution in [0.1, 0.15) is 20.8 Å². The number of hydrogen-bond donors (Lipinski definition) is 4. The highest BCUT2D eigenvalue weighted by atomic mass is 16.6. The first kappa shape index (κ1) is 14.7. The van der Waals surface area contributed by atoms with Gasteiger partial charge in [-0.25, -0.2) is 9.78 Å². The second-order valence-electron chi connectivity index (χ2n) is 5.54. The Kier molecular flexibility index (Phi) is 3.75. The van der Waals surface area contributed by atoms with Gasteiger partial charge in [0.15, 0.2) is 5.95 Å². The maximum atomic E-state index is 11.7. The van der Waals surface area contributed by atoms with Crippen molar-refractivity contribution in [3.63, 3.8) is 0 Å². The maximum absolute atomic E-state index is 11.7. The molecule has 0 fully saturated rings. The second-order valence-corrected chi connectivity index (χ2v) is 5.54. The molecule has 0 aliphatic carbocycles. The molecule has 0 bridgehead atoms. The number of carbonyl (C=O) groups excluding carboxylic acids is 1. The number of amides is 1. The van der Waals surface area contributed by atoms with E-state index >= 15 is 0 Å². The van der Waals surface area contributed by atoms with E-state index in [0.717, 1.165) is 0 Å². The first-order chi connectivity index (χ1) is 9.74. The van der Waals surface area contributed by atoms with E-state index in [9.17, 15) is 9.90 Å². The molecule has 7 heteroatoms. The lowest BCUT2D eigenvalue weighted by molar-refractivity contribution is 0.0636. The summed E-state index contributed by atoms with van der Waals surface area (Å²) in [6.07, 6.45) is 0.935. The third-order valence-corrected chi connectivity index (χ3v) is 2.53. The number of nitrogens with zero attached hydrogens (tertiary/aromatic N) is 1. The molecule has 0 aliphatic heterocycles. The third-order valence-electron chi connectivity index (χ3n) is 2.53. The average Bonchev–Trinajstić information content (AvgIpc) is 2.76. The van der Waals surface area contributed by atoms with Crippen LogP contribution >= 0.6 is 0 Å². The van der Waals surface area contributed by atoms with Gasteiger partial charge < -0.3 is 20.6 Å². The summed E-state index contributed by atoms with van der Waals surface area (Å²) in [6, 6.07) is 4.65. The molecular weight excluding hydrogens is 272 g/mol. The minimum atomic E-state index is -0.582. The van der Waals surface area contributed by atoms with Crippen LogP contribution in [0.5, 0.6) is 5.75 Å². The van der Waals surface area contributed by atoms with E-state index in [4.69, 9.17) is 10.5 Å². The fourth-order valence-corrected chi connectivity index (χ4v) is 1.72. The highest BCUT2D eigenvalue weighted by Gasteiger charge is 2.17. The number of carbonyl (C=O) groups is 1. The summed E-state index contributed by atoms with van der Waals surface area (Å²) in [4.78, 5) is 18.4. The van der Waals surface area contributed by atoms with Gasteiger partial charge in [-0.15, -0.1) is 0 Å². The smallest absolute Gasteiger partial charge is 0.412 e. The Morgan fingerprint density at radius 2 is 2.14 bits per heavy atom. The molecule has 0 radical (unpaired) electrons. The monoisotopic (exact) mass is 290 g/mol. The van der Waals surface area contributed by atoms with Crippen LogP contribution in [-0.2, 0) is 4.74 Å². The Balaban J connectivity index is 2.21. The van der Waals surface area contributed by atoms with Gasteiger partial charge in [-0.1, -0.05) is 0 Å². The molecule has 0 saturated heterocycles. The molecule has 0 atom stereocenters. The van der Waals surface area contributed by atoms with E-state index in [2.05, 4.69) is 15.3 Å². The molecule has 1 amide bonds. The van der Waals surface area contributed by atoms with Crippen molar-refractivity contribution in [2.45, 2.75) is 26.4 Å². The molecule has 0 saturated carbocycles. The number of aromatic amines is 1. The molecule has 112 valence electrons. The molecule has 7 nitrogen and oxygen atoms in total. The van der Waals surface area contributed by atoms with E-state index in [1.807, 2.05) is 0 Å². The predicted octanol–water partition coefficient (Wildman–Crippen LogP) is 2.71. The summed E-state index contributed by atoms with van der Waals surface area (Å²) in [6.45, 7) is 5.34. The molecular formula is C14H18N4O3. The van der Waals surface area contributed by atoms with Gasteiger partial charge in [0.2, 0.25) is 0 Å². The van der Waals surface area contributed by atoms with E-state index in [1.165, 1.54) is 12.3 Å². The molecule has 5 N–H and O–H groups in total. The zero-order valence-electron chi connectivity index (χ0n) is 12.1. The van der Waals surface area contributed by atoms with Gasteiger partial charge in [0.25, 0.3) is 0 Å². The van der Waals surface area contributed by atoms with Crippen LogP contribution in [0.3, 0.4) is 0 Å². The van der Waals surface area contributed by atoms with Gasteiger partial charge in [0.05, 0.1) is 11.9 Å². The van der Waals surface area contributed by atoms with Gasteiger partial charge >= 0.3 is 6.09 Å². The van der Waals surface area contributed by atoms with Gasteiger partial charge in [0, 0.05) is 11.3 Å². The Morgan fingerprint density at radius 3 is 2.71 bits per heavy atom. The zero-order chi connectivity index (χ0) is 15.6. The summed E-state index contributed by atoms with van der Waals surface area (Å²) in [5.74, 6) is 0.295. The van der Waals surface area contributed by atoms with Crippen molar-refractivity contribution in [1.29, 1.82) is 0 Å². The number of aromatic hydroxyl groups is 1. The first-order valence-corrected chi connectivity index (χ1v) is 6.38. The summed E-state index contributed by atoms with van der Waals surface area (Å²) in [5.41, 5.74) is 6.46. The third kappa shape index (κ3) is 3.88. The van der Waals surface area contributed by atoms with Crippen molar-refractivity contribution in [2.75, 3.05) is 11.1 Å². The van der Waals surface area contributed by atoms with Crippen molar-refractivity contribution < 1.29 is 14.6 Å². The van der Waals surface area contributed by atoms with Crippen LogP contribution in [0.25, 0.3) is 11.3 Å². The number of aromatic nitrogens is 2. The number of rotatable bonds is 2. The Labute approximate surface area is 122 Å². The van der Waals surface area contributed by atoms with Crippen LogP contribution in [0.2, 0.25) is 0 Å². The van der Waals surface area contributed by atoms with Crippen molar-refractivity contribution in [3.05, 3.63) is 24.4 Å². The molecule has 1 aromatic heterocycles. The number of nitrogen functional groups attached to an aromatic ring is 1. The minimum Gasteiger partial charge on any atom is -0.507 e. The summed E-state index contributed by atoms with van der Waals surface area (Å²) >= 11 is 0. The summed E-state index contributed by atoms with van der Waals surface area (Å²) in [5, 5.41) is 12.5. The number of H-pyrrole nitrogens is 1. The molecule has 0 spiro atoms. The lowest BCUT2D eigenvalue weighted by Gasteiger charge is -2.19. The topological polar surface area (TPSA) is 113 Å². The largest absolute Gasteiger partial charge is 0.507 e. The molecule has 2 rings (SSSR count). The van der Waals surface area contributed by atoms with Gasteiger partial charge in [-0.05, 0) is 39.0 Å². The maximum Gasteiger partial charge on any atom is 0.412 e. The number of nitrogens with one attached hydrogen (secondary N) is 2. The molecule has 1 aromatic carbocycles. The van der Waals surface area contributed by atoms with E-state index in [1.54, 1.807) is 32.9 Å². The van der Waals surface area contributed by atoms with E-state index in [-0.39, 0.29) is 11.7 Å². The zero-order valence-corrected chi connectivity index (χ0v) is 12.1. The molecule has 21 heavy (non-hydrogen) atoms. The standard InChI is InChI=1S/C14H18N4O3/c1-14(2,3)21-13(20)17-8-4-5-11(19)9(6-8)10-7-16-12(15)18-10/h4-7,19H,1-3H3,(H,17,20)(H3,15,16,18). The van der Waals surface area contributed by atoms with Crippen LogP contribution in [-0.4, -0.2) is 26.8 Å². The summed E-state index contributed by atoms with van der Waals surface area (Å²) < 4.78 is 5.17. The van der Waals surface area contributed by atoms with Crippen LogP contribution in [0, 0.1) is 0 Å². The number of ether oxygens (including phenoxy) is 1. The quantitative estimate of drug-likeness (QED) is 0.635. The second kappa shape index (κ2) is 5.35. The highest BCUT2D eigenvalue weighted by molar-refractivity contribution is 5.86. The van der Waals surface area contributed by atoms with Gasteiger partial charge in [0.1, 0.15) is 11.4 Å². The van der Waals surface area contributed by atoms with Gasteiger partial charge in [-0.3, -0.25) is 5.32 Å². The van der Waals surface area contributed by atoms with Crippen LogP contribution in [0.4, 0.5) is 16.4 Å². The number of phenols is 1. The number of benzene rings is 1. The lowest BCUT2D eigenvalue weighted by atomic mass is 10.1. The molecule has 2 aromatic rings. The minimum absolute atomic E-state index is 0.0494. The van der Waals surface area contributed by atoms with Crippen molar-refractivity contribution >= 4 is 17.7 Å². The summed E-state index contributed by atoms with van der Waals surface area (Å²) in [7, 11) is 0. The van der Waals surface area contributed by atoms with Crippen LogP contribution < -0.4 is 11.1 Å². The molecule has 0 unspecified atom stereocenters. The number of imidazole rings is 1. The number of hydrogen-bond acceptors (Lipinski definition) is 5. The van der Waals surface area contributed by atoms with Crippen molar-refractivity contribution in [2.24, 2.45) is 0 Å². The SMILES string of the molecule is CC(C)(C)OC(=O)Nc1ccc(O)c(-c2cnc(N)[nH]2)c1. The number of phenolic OH excluding ortho intramolecular Hbond substituents is 1.